The molecular formula is C19H22N2O5. The summed E-state index contributed by atoms with van der Waals surface area (Å²) in [4.78, 5) is 0. The van der Waals surface area contributed by atoms with E-state index in [0.717, 1.165) is 5.56 Å². The van der Waals surface area contributed by atoms with Crippen molar-refractivity contribution in [1.82, 2.24) is 5.32 Å². The minimum Gasteiger partial charge on any atom is -0.493 e. The molecule has 1 aliphatic rings. The molecular weight excluding hydrogens is 336 g/mol. The maximum Gasteiger partial charge on any atom is 0.203 e. The Morgan fingerprint density at radius 1 is 1.08 bits per heavy atom. The van der Waals surface area contributed by atoms with Crippen molar-refractivity contribution in [3.8, 4) is 17.2 Å². The van der Waals surface area contributed by atoms with Gasteiger partial charge in [-0.2, -0.15) is 0 Å². The van der Waals surface area contributed by atoms with Crippen LogP contribution in [0.4, 0.5) is 0 Å². The lowest BCUT2D eigenvalue weighted by Gasteiger charge is -2.17. The molecule has 0 spiro atoms. The van der Waals surface area contributed by atoms with Crippen molar-refractivity contribution in [2.75, 3.05) is 27.9 Å². The first-order valence-electron chi connectivity index (χ1n) is 8.16. The number of nitrogens with one attached hydrogen (secondary N) is 1. The number of benzene rings is 2. The summed E-state index contributed by atoms with van der Waals surface area (Å²) in [6.07, 6.45) is -0.264. The van der Waals surface area contributed by atoms with E-state index >= 15 is 0 Å². The molecule has 138 valence electrons. The van der Waals surface area contributed by atoms with Crippen molar-refractivity contribution in [2.45, 2.75) is 12.3 Å². The van der Waals surface area contributed by atoms with Crippen LogP contribution in [0.1, 0.15) is 17.4 Å². The van der Waals surface area contributed by atoms with Gasteiger partial charge in [0.05, 0.1) is 34.0 Å². The molecule has 26 heavy (non-hydrogen) atoms. The van der Waals surface area contributed by atoms with Gasteiger partial charge in [0.25, 0.3) is 0 Å². The predicted molar refractivity (Wildman–Crippen MR) is 96.5 cm³/mol. The average Bonchev–Trinajstić information content (AvgIpc) is 3.18. The quantitative estimate of drug-likeness (QED) is 0.469. The maximum atomic E-state index is 9.63. The zero-order valence-electron chi connectivity index (χ0n) is 14.9. The van der Waals surface area contributed by atoms with E-state index in [9.17, 15) is 5.21 Å². The van der Waals surface area contributed by atoms with Crippen LogP contribution < -0.4 is 19.5 Å². The molecule has 0 amide bonds. The Morgan fingerprint density at radius 2 is 1.73 bits per heavy atom. The monoisotopic (exact) mass is 358 g/mol. The minimum atomic E-state index is -0.284. The molecule has 1 saturated heterocycles. The zero-order chi connectivity index (χ0) is 18.5. The van der Waals surface area contributed by atoms with Gasteiger partial charge in [-0.25, -0.2) is 0 Å². The van der Waals surface area contributed by atoms with Crippen molar-refractivity contribution in [1.29, 1.82) is 0 Å². The van der Waals surface area contributed by atoms with E-state index in [0.29, 0.717) is 35.1 Å². The van der Waals surface area contributed by atoms with Crippen LogP contribution in [0.25, 0.3) is 0 Å². The number of rotatable bonds is 6. The Hall–Kier alpha value is -2.77. The van der Waals surface area contributed by atoms with Crippen molar-refractivity contribution in [3.63, 3.8) is 0 Å². The van der Waals surface area contributed by atoms with Crippen LogP contribution in [0.15, 0.2) is 47.6 Å². The van der Waals surface area contributed by atoms with Crippen molar-refractivity contribution in [3.05, 3.63) is 53.6 Å². The third-order valence-corrected chi connectivity index (χ3v) is 4.28. The first-order chi connectivity index (χ1) is 12.7. The van der Waals surface area contributed by atoms with Gasteiger partial charge in [-0.3, -0.25) is 5.32 Å². The summed E-state index contributed by atoms with van der Waals surface area (Å²) < 4.78 is 21.9. The molecule has 0 aliphatic carbocycles. The largest absolute Gasteiger partial charge is 0.493 e. The zero-order valence-corrected chi connectivity index (χ0v) is 14.9. The van der Waals surface area contributed by atoms with Gasteiger partial charge in [0.2, 0.25) is 5.75 Å². The van der Waals surface area contributed by atoms with Crippen LogP contribution in [0, 0.1) is 0 Å². The molecule has 7 heteroatoms. The molecule has 1 heterocycles. The van der Waals surface area contributed by atoms with E-state index in [1.165, 1.54) is 7.11 Å². The molecule has 2 atom stereocenters. The molecule has 3 rings (SSSR count). The molecule has 2 unspecified atom stereocenters. The second kappa shape index (κ2) is 8.07. The number of hydrogen-bond donors (Lipinski definition) is 2. The lowest BCUT2D eigenvalue weighted by atomic mass is 10.0. The van der Waals surface area contributed by atoms with Crippen LogP contribution >= 0.6 is 0 Å². The van der Waals surface area contributed by atoms with E-state index in [1.54, 1.807) is 26.4 Å². The summed E-state index contributed by atoms with van der Waals surface area (Å²) in [7, 11) is 4.62. The van der Waals surface area contributed by atoms with Gasteiger partial charge in [0.1, 0.15) is 11.9 Å². The molecule has 0 radical (unpaired) electrons. The van der Waals surface area contributed by atoms with E-state index in [4.69, 9.17) is 18.9 Å². The highest BCUT2D eigenvalue weighted by Crippen LogP contribution is 2.38. The summed E-state index contributed by atoms with van der Waals surface area (Å²) in [6, 6.07) is 13.0. The first-order valence-corrected chi connectivity index (χ1v) is 8.16. The molecule has 7 nitrogen and oxygen atoms in total. The first kappa shape index (κ1) is 18.0. The SMILES string of the molecule is COc1cc(C(=NO)C2COC(c3ccccc3)N2)cc(OC)c1OC. The Kier molecular flexibility index (Phi) is 5.60. The van der Waals surface area contributed by atoms with Gasteiger partial charge in [-0.15, -0.1) is 0 Å². The Bertz CT molecular complexity index is 754. The molecule has 0 saturated carbocycles. The summed E-state index contributed by atoms with van der Waals surface area (Å²) in [6.45, 7) is 0.371. The fourth-order valence-electron chi connectivity index (χ4n) is 3.01. The third-order valence-electron chi connectivity index (χ3n) is 4.28. The van der Waals surface area contributed by atoms with Gasteiger partial charge in [-0.05, 0) is 17.7 Å². The lowest BCUT2D eigenvalue weighted by molar-refractivity contribution is 0.101. The smallest absolute Gasteiger partial charge is 0.203 e. The number of ether oxygens (including phenoxy) is 4. The molecule has 2 aromatic rings. The second-order valence-corrected chi connectivity index (χ2v) is 5.74. The van der Waals surface area contributed by atoms with Gasteiger partial charge in [0.15, 0.2) is 11.5 Å². The minimum absolute atomic E-state index is 0.264. The third kappa shape index (κ3) is 3.44. The second-order valence-electron chi connectivity index (χ2n) is 5.74. The van der Waals surface area contributed by atoms with Crippen molar-refractivity contribution in [2.24, 2.45) is 5.16 Å². The topological polar surface area (TPSA) is 81.5 Å². The Morgan fingerprint density at radius 3 is 2.27 bits per heavy atom. The van der Waals surface area contributed by atoms with E-state index in [1.807, 2.05) is 30.3 Å². The summed E-state index contributed by atoms with van der Waals surface area (Å²) in [5, 5.41) is 16.5. The van der Waals surface area contributed by atoms with Crippen molar-refractivity contribution < 1.29 is 24.2 Å². The van der Waals surface area contributed by atoms with Gasteiger partial charge < -0.3 is 24.2 Å². The average molecular weight is 358 g/mol. The van der Waals surface area contributed by atoms with E-state index in [-0.39, 0.29) is 12.3 Å². The molecule has 2 N–H and O–H groups in total. The highest BCUT2D eigenvalue weighted by Gasteiger charge is 2.31. The Labute approximate surface area is 152 Å². The molecule has 1 aliphatic heterocycles. The van der Waals surface area contributed by atoms with Gasteiger partial charge in [-0.1, -0.05) is 35.5 Å². The standard InChI is InChI=1S/C19H22N2O5/c1-23-15-9-13(10-16(24-2)18(15)25-3)17(21-22)14-11-26-19(20-14)12-7-5-4-6-8-12/h4-10,14,19-20,22H,11H2,1-3H3. The van der Waals surface area contributed by atoms with Crippen LogP contribution in [0.3, 0.4) is 0 Å². The molecule has 1 fully saturated rings. The molecule has 0 bridgehead atoms. The maximum absolute atomic E-state index is 9.63. The van der Waals surface area contributed by atoms with Gasteiger partial charge >= 0.3 is 0 Å². The molecule has 0 aromatic heterocycles. The summed E-state index contributed by atoms with van der Waals surface area (Å²) in [5.41, 5.74) is 2.09. The van der Waals surface area contributed by atoms with Crippen LogP contribution in [0.2, 0.25) is 0 Å². The van der Waals surface area contributed by atoms with Gasteiger partial charge in [0, 0.05) is 5.56 Å². The van der Waals surface area contributed by atoms with E-state index in [2.05, 4.69) is 10.5 Å². The van der Waals surface area contributed by atoms with Crippen molar-refractivity contribution >= 4 is 5.71 Å². The summed E-state index contributed by atoms with van der Waals surface area (Å²) in [5.74, 6) is 1.46. The van der Waals surface area contributed by atoms with Crippen LogP contribution in [-0.2, 0) is 4.74 Å². The van der Waals surface area contributed by atoms with Crippen LogP contribution in [0.5, 0.6) is 17.2 Å². The number of hydrogen-bond acceptors (Lipinski definition) is 7. The van der Waals surface area contributed by atoms with E-state index < -0.39 is 0 Å². The molecule has 2 aromatic carbocycles. The summed E-state index contributed by atoms with van der Waals surface area (Å²) >= 11 is 0. The highest BCUT2D eigenvalue weighted by atomic mass is 16.5. The number of methoxy groups -OCH3 is 3. The highest BCUT2D eigenvalue weighted by molar-refractivity contribution is 6.05. The fourth-order valence-corrected chi connectivity index (χ4v) is 3.01. The van der Waals surface area contributed by atoms with Crippen LogP contribution in [-0.4, -0.2) is 44.9 Å². The Balaban J connectivity index is 1.88. The predicted octanol–water partition coefficient (Wildman–Crippen LogP) is 2.58. The lowest BCUT2D eigenvalue weighted by Crippen LogP contribution is -2.35. The fraction of sp³-hybridized carbons (Fsp3) is 0.316. The number of oxime groups is 1. The normalized spacial score (nSPS) is 20.0. The number of nitrogens with zero attached hydrogens (tertiary/aromatic N) is 1.